The Morgan fingerprint density at radius 2 is 2.18 bits per heavy atom. The van der Waals surface area contributed by atoms with E-state index in [0.717, 1.165) is 11.5 Å². The largest absolute Gasteiger partial charge is 0.373 e. The molecular formula is C8H15N3. The van der Waals surface area contributed by atoms with E-state index in [9.17, 15) is 0 Å². The molecule has 0 fully saturated rings. The number of rotatable bonds is 2. The van der Waals surface area contributed by atoms with E-state index in [0.29, 0.717) is 5.92 Å². The van der Waals surface area contributed by atoms with Crippen LogP contribution >= 0.6 is 0 Å². The number of nitrogens with zero attached hydrogens (tertiary/aromatic N) is 2. The summed E-state index contributed by atoms with van der Waals surface area (Å²) in [4.78, 5) is 0. The van der Waals surface area contributed by atoms with Gasteiger partial charge >= 0.3 is 0 Å². The second kappa shape index (κ2) is 2.95. The van der Waals surface area contributed by atoms with Crippen molar-refractivity contribution in [2.24, 2.45) is 7.05 Å². The molecule has 0 atom stereocenters. The van der Waals surface area contributed by atoms with Crippen LogP contribution in [0.1, 0.15) is 25.5 Å². The number of aromatic nitrogens is 2. The summed E-state index contributed by atoms with van der Waals surface area (Å²) in [6.07, 6.45) is 0. The zero-order chi connectivity index (χ0) is 8.43. The van der Waals surface area contributed by atoms with Crippen LogP contribution in [0.2, 0.25) is 0 Å². The van der Waals surface area contributed by atoms with Gasteiger partial charge in [-0.1, -0.05) is 13.8 Å². The fraction of sp³-hybridized carbons (Fsp3) is 0.625. The van der Waals surface area contributed by atoms with Crippen LogP contribution < -0.4 is 5.32 Å². The predicted octanol–water partition coefficient (Wildman–Crippen LogP) is 1.59. The van der Waals surface area contributed by atoms with Gasteiger partial charge in [-0.25, -0.2) is 0 Å². The van der Waals surface area contributed by atoms with Crippen LogP contribution in [0.3, 0.4) is 0 Å². The van der Waals surface area contributed by atoms with Gasteiger partial charge < -0.3 is 5.32 Å². The quantitative estimate of drug-likeness (QED) is 0.699. The van der Waals surface area contributed by atoms with E-state index >= 15 is 0 Å². The van der Waals surface area contributed by atoms with Crippen molar-refractivity contribution in [3.8, 4) is 0 Å². The molecule has 3 heteroatoms. The minimum absolute atomic E-state index is 0.503. The van der Waals surface area contributed by atoms with Crippen molar-refractivity contribution in [1.29, 1.82) is 0 Å². The van der Waals surface area contributed by atoms with E-state index in [1.807, 2.05) is 18.8 Å². The zero-order valence-corrected chi connectivity index (χ0v) is 7.55. The predicted molar refractivity (Wildman–Crippen MR) is 46.8 cm³/mol. The fourth-order valence-electron chi connectivity index (χ4n) is 1.01. The van der Waals surface area contributed by atoms with Crippen molar-refractivity contribution in [3.63, 3.8) is 0 Å². The van der Waals surface area contributed by atoms with Crippen LogP contribution in [0.5, 0.6) is 0 Å². The van der Waals surface area contributed by atoms with Crippen LogP contribution in [0, 0.1) is 0 Å². The third-order valence-electron chi connectivity index (χ3n) is 1.75. The average molecular weight is 153 g/mol. The number of anilines is 1. The number of nitrogens with one attached hydrogen (secondary N) is 1. The third-order valence-corrected chi connectivity index (χ3v) is 1.75. The van der Waals surface area contributed by atoms with E-state index in [1.165, 1.54) is 0 Å². The first-order chi connectivity index (χ1) is 5.15. The number of hydrogen-bond acceptors (Lipinski definition) is 2. The minimum Gasteiger partial charge on any atom is -0.373 e. The van der Waals surface area contributed by atoms with Crippen LogP contribution in [0.4, 0.5) is 5.82 Å². The molecular weight excluding hydrogens is 138 g/mol. The molecule has 11 heavy (non-hydrogen) atoms. The van der Waals surface area contributed by atoms with Gasteiger partial charge in [-0.15, -0.1) is 0 Å². The molecule has 0 amide bonds. The summed E-state index contributed by atoms with van der Waals surface area (Å²) < 4.78 is 1.86. The molecule has 3 nitrogen and oxygen atoms in total. The van der Waals surface area contributed by atoms with Crippen molar-refractivity contribution in [1.82, 2.24) is 9.78 Å². The smallest absolute Gasteiger partial charge is 0.123 e. The van der Waals surface area contributed by atoms with Crippen molar-refractivity contribution in [2.45, 2.75) is 19.8 Å². The molecule has 1 rings (SSSR count). The first-order valence-electron chi connectivity index (χ1n) is 3.87. The second-order valence-corrected chi connectivity index (χ2v) is 2.98. The Bertz CT molecular complexity index is 237. The SMILES string of the molecule is CNc1cc(C(C)C)nn1C. The molecule has 0 saturated heterocycles. The monoisotopic (exact) mass is 153 g/mol. The maximum absolute atomic E-state index is 4.34. The maximum Gasteiger partial charge on any atom is 0.123 e. The van der Waals surface area contributed by atoms with Crippen molar-refractivity contribution in [3.05, 3.63) is 11.8 Å². The Morgan fingerprint density at radius 3 is 2.45 bits per heavy atom. The summed E-state index contributed by atoms with van der Waals surface area (Å²) in [5.41, 5.74) is 1.14. The van der Waals surface area contributed by atoms with Gasteiger partial charge in [0.2, 0.25) is 0 Å². The minimum atomic E-state index is 0.503. The Morgan fingerprint density at radius 1 is 1.55 bits per heavy atom. The first kappa shape index (κ1) is 8.11. The molecule has 62 valence electrons. The highest BCUT2D eigenvalue weighted by atomic mass is 15.3. The topological polar surface area (TPSA) is 29.9 Å². The molecule has 1 N–H and O–H groups in total. The van der Waals surface area contributed by atoms with E-state index in [2.05, 4.69) is 30.3 Å². The summed E-state index contributed by atoms with van der Waals surface area (Å²) in [5, 5.41) is 7.41. The van der Waals surface area contributed by atoms with Gasteiger partial charge in [0.15, 0.2) is 0 Å². The maximum atomic E-state index is 4.34. The van der Waals surface area contributed by atoms with Gasteiger partial charge in [-0.3, -0.25) is 4.68 Å². The van der Waals surface area contributed by atoms with Crippen molar-refractivity contribution < 1.29 is 0 Å². The van der Waals surface area contributed by atoms with Gasteiger partial charge in [-0.2, -0.15) is 5.10 Å². The molecule has 0 aromatic carbocycles. The van der Waals surface area contributed by atoms with E-state index in [1.54, 1.807) is 0 Å². The highest BCUT2D eigenvalue weighted by molar-refractivity contribution is 5.36. The number of aryl methyl sites for hydroxylation is 1. The third kappa shape index (κ3) is 1.53. The summed E-state index contributed by atoms with van der Waals surface area (Å²) in [6, 6.07) is 2.07. The number of hydrogen-bond donors (Lipinski definition) is 1. The normalized spacial score (nSPS) is 10.6. The molecule has 0 unspecified atom stereocenters. The van der Waals surface area contributed by atoms with Crippen LogP contribution in [0.25, 0.3) is 0 Å². The van der Waals surface area contributed by atoms with Crippen molar-refractivity contribution in [2.75, 3.05) is 12.4 Å². The van der Waals surface area contributed by atoms with E-state index in [-0.39, 0.29) is 0 Å². The molecule has 1 heterocycles. The van der Waals surface area contributed by atoms with Crippen LogP contribution in [0.15, 0.2) is 6.07 Å². The highest BCUT2D eigenvalue weighted by Crippen LogP contribution is 2.15. The van der Waals surface area contributed by atoms with E-state index in [4.69, 9.17) is 0 Å². The summed E-state index contributed by atoms with van der Waals surface area (Å²) in [7, 11) is 3.85. The van der Waals surface area contributed by atoms with E-state index < -0.39 is 0 Å². The lowest BCUT2D eigenvalue weighted by Crippen LogP contribution is -1.98. The lowest BCUT2D eigenvalue weighted by atomic mass is 10.1. The Balaban J connectivity index is 2.95. The molecule has 0 spiro atoms. The Kier molecular flexibility index (Phi) is 2.17. The molecule has 0 aliphatic carbocycles. The van der Waals surface area contributed by atoms with Crippen LogP contribution in [-0.2, 0) is 7.05 Å². The lowest BCUT2D eigenvalue weighted by molar-refractivity contribution is 0.717. The molecule has 0 bridgehead atoms. The Hall–Kier alpha value is -0.990. The van der Waals surface area contributed by atoms with Crippen molar-refractivity contribution >= 4 is 5.82 Å². The fourth-order valence-corrected chi connectivity index (χ4v) is 1.01. The van der Waals surface area contributed by atoms with Gasteiger partial charge in [0, 0.05) is 20.2 Å². The van der Waals surface area contributed by atoms with Crippen LogP contribution in [-0.4, -0.2) is 16.8 Å². The lowest BCUT2D eigenvalue weighted by Gasteiger charge is -1.96. The second-order valence-electron chi connectivity index (χ2n) is 2.98. The standard InChI is InChI=1S/C8H15N3/c1-6(2)7-5-8(9-3)11(4)10-7/h5-6,9H,1-4H3. The molecule has 0 aliphatic rings. The first-order valence-corrected chi connectivity index (χ1v) is 3.87. The summed E-state index contributed by atoms with van der Waals surface area (Å²) in [5.74, 6) is 1.57. The molecule has 0 radical (unpaired) electrons. The molecule has 1 aromatic rings. The summed E-state index contributed by atoms with van der Waals surface area (Å²) in [6.45, 7) is 4.28. The van der Waals surface area contributed by atoms with Gasteiger partial charge in [-0.05, 0) is 5.92 Å². The molecule has 0 saturated carbocycles. The molecule has 0 aliphatic heterocycles. The highest BCUT2D eigenvalue weighted by Gasteiger charge is 2.05. The van der Waals surface area contributed by atoms with Gasteiger partial charge in [0.05, 0.1) is 5.69 Å². The average Bonchev–Trinajstić information content (AvgIpc) is 2.31. The van der Waals surface area contributed by atoms with Gasteiger partial charge in [0.1, 0.15) is 5.82 Å². The Labute approximate surface area is 67.4 Å². The molecule has 1 aromatic heterocycles. The summed E-state index contributed by atoms with van der Waals surface area (Å²) >= 11 is 0. The van der Waals surface area contributed by atoms with Gasteiger partial charge in [0.25, 0.3) is 0 Å². The zero-order valence-electron chi connectivity index (χ0n) is 7.55.